The number of carbonyl (C=O) groups is 2. The van der Waals surface area contributed by atoms with Crippen molar-refractivity contribution in [3.05, 3.63) is 95.5 Å². The summed E-state index contributed by atoms with van der Waals surface area (Å²) < 4.78 is 28.3. The van der Waals surface area contributed by atoms with E-state index in [4.69, 9.17) is 11.6 Å². The number of likely N-dealkylation sites (N-methyl/N-ethyl adjacent to an activating group) is 1. The van der Waals surface area contributed by atoms with Crippen LogP contribution in [0.3, 0.4) is 0 Å². The van der Waals surface area contributed by atoms with Crippen molar-refractivity contribution >= 4 is 39.1 Å². The number of hydrogen-bond acceptors (Lipinski definition) is 4. The van der Waals surface area contributed by atoms with Crippen LogP contribution in [0.25, 0.3) is 0 Å². The minimum Gasteiger partial charge on any atom is -0.357 e. The first-order valence-electron chi connectivity index (χ1n) is 11.2. The van der Waals surface area contributed by atoms with Gasteiger partial charge >= 0.3 is 0 Å². The van der Waals surface area contributed by atoms with Crippen LogP contribution in [0.5, 0.6) is 0 Å². The summed E-state index contributed by atoms with van der Waals surface area (Å²) >= 11 is 6.15. The van der Waals surface area contributed by atoms with E-state index in [-0.39, 0.29) is 23.0 Å². The number of carbonyl (C=O) groups excluding carboxylic acids is 2. The van der Waals surface area contributed by atoms with Crippen molar-refractivity contribution in [2.24, 2.45) is 0 Å². The Morgan fingerprint density at radius 1 is 0.943 bits per heavy atom. The molecule has 0 fully saturated rings. The second kappa shape index (κ2) is 11.9. The van der Waals surface area contributed by atoms with E-state index in [2.05, 4.69) is 5.32 Å². The Morgan fingerprint density at radius 3 is 2.14 bits per heavy atom. The van der Waals surface area contributed by atoms with Crippen LogP contribution in [0.2, 0.25) is 5.02 Å². The molecule has 0 aromatic heterocycles. The van der Waals surface area contributed by atoms with Crippen molar-refractivity contribution in [1.29, 1.82) is 0 Å². The molecule has 3 rings (SSSR count). The Hall–Kier alpha value is -3.36. The third-order valence-electron chi connectivity index (χ3n) is 5.53. The van der Waals surface area contributed by atoms with Gasteiger partial charge in [0.2, 0.25) is 11.8 Å². The average Bonchev–Trinajstić information content (AvgIpc) is 2.87. The third kappa shape index (κ3) is 6.41. The highest BCUT2D eigenvalue weighted by molar-refractivity contribution is 7.92. The number of hydrogen-bond donors (Lipinski definition) is 1. The van der Waals surface area contributed by atoms with Crippen LogP contribution in [-0.2, 0) is 26.2 Å². The fourth-order valence-electron chi connectivity index (χ4n) is 3.75. The highest BCUT2D eigenvalue weighted by atomic mass is 35.5. The van der Waals surface area contributed by atoms with E-state index in [1.807, 2.05) is 30.3 Å². The summed E-state index contributed by atoms with van der Waals surface area (Å²) in [6, 6.07) is 22.7. The molecule has 0 radical (unpaired) electrons. The Labute approximate surface area is 211 Å². The van der Waals surface area contributed by atoms with Crippen LogP contribution < -0.4 is 9.62 Å². The van der Waals surface area contributed by atoms with Crippen LogP contribution in [-0.4, -0.2) is 44.8 Å². The van der Waals surface area contributed by atoms with E-state index in [1.165, 1.54) is 30.1 Å². The molecule has 0 unspecified atom stereocenters. The predicted molar refractivity (Wildman–Crippen MR) is 138 cm³/mol. The minimum atomic E-state index is -4.10. The van der Waals surface area contributed by atoms with Gasteiger partial charge in [-0.3, -0.25) is 13.9 Å². The molecule has 0 aliphatic heterocycles. The molecule has 1 N–H and O–H groups in total. The van der Waals surface area contributed by atoms with Gasteiger partial charge in [-0.25, -0.2) is 8.42 Å². The summed E-state index contributed by atoms with van der Waals surface area (Å²) in [5, 5.41) is 2.94. The lowest BCUT2D eigenvalue weighted by atomic mass is 10.1. The SMILES string of the molecule is CC[C@@H](C(=O)NC)N(Cc1ccccc1)C(=O)CN(c1cccc(Cl)c1)S(=O)(=O)c1ccccc1. The number of nitrogens with one attached hydrogen (secondary N) is 1. The zero-order valence-electron chi connectivity index (χ0n) is 19.6. The van der Waals surface area contributed by atoms with Gasteiger partial charge in [0, 0.05) is 18.6 Å². The van der Waals surface area contributed by atoms with Crippen molar-refractivity contribution in [1.82, 2.24) is 10.2 Å². The quantitative estimate of drug-likeness (QED) is 0.442. The Kier molecular flexibility index (Phi) is 8.89. The van der Waals surface area contributed by atoms with Crippen molar-refractivity contribution in [2.75, 3.05) is 17.9 Å². The maximum absolute atomic E-state index is 13.7. The number of benzene rings is 3. The van der Waals surface area contributed by atoms with Crippen LogP contribution in [0.15, 0.2) is 89.8 Å². The molecule has 1 atom stereocenters. The van der Waals surface area contributed by atoms with Gasteiger partial charge in [-0.05, 0) is 42.3 Å². The predicted octanol–water partition coefficient (Wildman–Crippen LogP) is 4.09. The Balaban J connectivity index is 2.04. The van der Waals surface area contributed by atoms with Crippen molar-refractivity contribution in [3.63, 3.8) is 0 Å². The third-order valence-corrected chi connectivity index (χ3v) is 7.56. The lowest BCUT2D eigenvalue weighted by Gasteiger charge is -2.33. The lowest BCUT2D eigenvalue weighted by molar-refractivity contribution is -0.140. The number of rotatable bonds is 10. The van der Waals surface area contributed by atoms with Gasteiger partial charge in [-0.1, -0.05) is 73.1 Å². The smallest absolute Gasteiger partial charge is 0.264 e. The molecule has 9 heteroatoms. The van der Waals surface area contributed by atoms with Crippen LogP contribution >= 0.6 is 11.6 Å². The van der Waals surface area contributed by atoms with Gasteiger partial charge in [0.15, 0.2) is 0 Å². The first kappa shape index (κ1) is 26.2. The Morgan fingerprint density at radius 2 is 1.57 bits per heavy atom. The van der Waals surface area contributed by atoms with Crippen LogP contribution in [0, 0.1) is 0 Å². The van der Waals surface area contributed by atoms with Crippen LogP contribution in [0.4, 0.5) is 5.69 Å². The molecular formula is C26H28ClN3O4S. The fraction of sp³-hybridized carbons (Fsp3) is 0.231. The molecule has 0 saturated heterocycles. The molecule has 0 bridgehead atoms. The number of sulfonamides is 1. The van der Waals surface area contributed by atoms with Gasteiger partial charge in [-0.15, -0.1) is 0 Å². The Bertz CT molecular complexity index is 1250. The molecular weight excluding hydrogens is 486 g/mol. The normalized spacial score (nSPS) is 12.0. The fourth-order valence-corrected chi connectivity index (χ4v) is 5.36. The van der Waals surface area contributed by atoms with E-state index in [0.29, 0.717) is 11.4 Å². The molecule has 0 heterocycles. The number of halogens is 1. The maximum atomic E-state index is 13.7. The monoisotopic (exact) mass is 513 g/mol. The maximum Gasteiger partial charge on any atom is 0.264 e. The van der Waals surface area contributed by atoms with Gasteiger partial charge in [0.25, 0.3) is 10.0 Å². The zero-order chi connectivity index (χ0) is 25.4. The summed E-state index contributed by atoms with van der Waals surface area (Å²) in [5.74, 6) is -0.833. The molecule has 0 aliphatic rings. The van der Waals surface area contributed by atoms with Crippen LogP contribution in [0.1, 0.15) is 18.9 Å². The summed E-state index contributed by atoms with van der Waals surface area (Å²) in [5.41, 5.74) is 1.07. The molecule has 3 aromatic carbocycles. The molecule has 0 saturated carbocycles. The summed E-state index contributed by atoms with van der Waals surface area (Å²) in [7, 11) is -2.60. The summed E-state index contributed by atoms with van der Waals surface area (Å²) in [4.78, 5) is 27.8. The highest BCUT2D eigenvalue weighted by Crippen LogP contribution is 2.27. The van der Waals surface area contributed by atoms with Crippen molar-refractivity contribution in [3.8, 4) is 0 Å². The zero-order valence-corrected chi connectivity index (χ0v) is 21.2. The molecule has 3 aromatic rings. The summed E-state index contributed by atoms with van der Waals surface area (Å²) in [6.07, 6.45) is 0.362. The van der Waals surface area contributed by atoms with E-state index in [0.717, 1.165) is 9.87 Å². The molecule has 7 nitrogen and oxygen atoms in total. The highest BCUT2D eigenvalue weighted by Gasteiger charge is 2.33. The topological polar surface area (TPSA) is 86.8 Å². The van der Waals surface area contributed by atoms with E-state index in [9.17, 15) is 18.0 Å². The van der Waals surface area contributed by atoms with Crippen molar-refractivity contribution < 1.29 is 18.0 Å². The van der Waals surface area contributed by atoms with Gasteiger partial charge in [-0.2, -0.15) is 0 Å². The average molecular weight is 514 g/mol. The van der Waals surface area contributed by atoms with Crippen molar-refractivity contribution in [2.45, 2.75) is 30.8 Å². The van der Waals surface area contributed by atoms with Gasteiger partial charge in [0.1, 0.15) is 12.6 Å². The first-order valence-corrected chi connectivity index (χ1v) is 13.0. The largest absolute Gasteiger partial charge is 0.357 e. The lowest BCUT2D eigenvalue weighted by Crippen LogP contribution is -2.51. The minimum absolute atomic E-state index is 0.0423. The van der Waals surface area contributed by atoms with Gasteiger partial charge < -0.3 is 10.2 Å². The molecule has 2 amide bonds. The summed E-state index contributed by atoms with van der Waals surface area (Å²) in [6.45, 7) is 1.46. The second-order valence-corrected chi connectivity index (χ2v) is 10.1. The molecule has 0 spiro atoms. The number of anilines is 1. The van der Waals surface area contributed by atoms with E-state index >= 15 is 0 Å². The molecule has 184 valence electrons. The van der Waals surface area contributed by atoms with E-state index in [1.54, 1.807) is 43.3 Å². The first-order chi connectivity index (χ1) is 16.8. The van der Waals surface area contributed by atoms with Gasteiger partial charge in [0.05, 0.1) is 10.6 Å². The van der Waals surface area contributed by atoms with E-state index < -0.39 is 28.5 Å². The standard InChI is InChI=1S/C26H28ClN3O4S/c1-3-24(26(32)28-2)29(18-20-11-6-4-7-12-20)25(31)19-30(22-14-10-13-21(27)17-22)35(33,34)23-15-8-5-9-16-23/h4-17,24H,3,18-19H2,1-2H3,(H,28,32)/t24-/m0/s1. The molecule has 0 aliphatic carbocycles. The second-order valence-electron chi connectivity index (χ2n) is 7.85. The molecule has 35 heavy (non-hydrogen) atoms. The number of nitrogens with zero attached hydrogens (tertiary/aromatic N) is 2. The number of amides is 2.